The van der Waals surface area contributed by atoms with Crippen molar-refractivity contribution in [3.63, 3.8) is 0 Å². The number of carbonyl (C=O) groups excluding carboxylic acids is 1. The highest BCUT2D eigenvalue weighted by atomic mass is 35.5. The molecule has 2 aromatic heterocycles. The molecule has 31 heavy (non-hydrogen) atoms. The maximum absolute atomic E-state index is 13.1. The zero-order chi connectivity index (χ0) is 23.1. The van der Waals surface area contributed by atoms with Gasteiger partial charge in [-0.1, -0.05) is 32.4 Å². The van der Waals surface area contributed by atoms with E-state index in [4.69, 9.17) is 21.8 Å². The maximum Gasteiger partial charge on any atom is 0.417 e. The number of nitrogens with two attached hydrogens (primary N) is 1. The number of halogens is 4. The van der Waals surface area contributed by atoms with Gasteiger partial charge in [-0.05, 0) is 43.3 Å². The molecular formula is C22H23ClF3N3O2. The summed E-state index contributed by atoms with van der Waals surface area (Å²) in [5.74, 6) is 0.236. The Bertz CT molecular complexity index is 1110. The fourth-order valence-electron chi connectivity index (χ4n) is 3.20. The van der Waals surface area contributed by atoms with Gasteiger partial charge in [0.25, 0.3) is 5.91 Å². The molecule has 0 aliphatic carbocycles. The van der Waals surface area contributed by atoms with E-state index in [1.54, 1.807) is 22.9 Å². The molecular weight excluding hydrogens is 431 g/mol. The molecule has 2 heterocycles. The molecule has 166 valence electrons. The number of primary amides is 1. The predicted octanol–water partition coefficient (Wildman–Crippen LogP) is 6.02. The van der Waals surface area contributed by atoms with Crippen LogP contribution in [0.2, 0.25) is 5.02 Å². The van der Waals surface area contributed by atoms with E-state index in [2.05, 4.69) is 5.10 Å². The van der Waals surface area contributed by atoms with Crippen molar-refractivity contribution in [2.24, 2.45) is 5.73 Å². The van der Waals surface area contributed by atoms with Crippen molar-refractivity contribution >= 4 is 17.5 Å². The monoisotopic (exact) mass is 453 g/mol. The average molecular weight is 454 g/mol. The molecule has 0 spiro atoms. The number of amides is 1. The molecule has 0 saturated carbocycles. The van der Waals surface area contributed by atoms with E-state index in [9.17, 15) is 18.0 Å². The Morgan fingerprint density at radius 3 is 2.45 bits per heavy atom. The Hall–Kier alpha value is -2.74. The van der Waals surface area contributed by atoms with Crippen LogP contribution in [0.1, 0.15) is 61.2 Å². The normalized spacial score (nSPS) is 13.4. The Morgan fingerprint density at radius 1 is 1.19 bits per heavy atom. The molecule has 0 fully saturated rings. The summed E-state index contributed by atoms with van der Waals surface area (Å²) in [7, 11) is 0. The first kappa shape index (κ1) is 22.9. The van der Waals surface area contributed by atoms with Crippen LogP contribution in [0.25, 0.3) is 11.3 Å². The summed E-state index contributed by atoms with van der Waals surface area (Å²) in [6.07, 6.45) is -4.20. The molecule has 1 aromatic carbocycles. The van der Waals surface area contributed by atoms with Crippen LogP contribution in [0.3, 0.4) is 0 Å². The van der Waals surface area contributed by atoms with Crippen LogP contribution in [0.15, 0.2) is 40.8 Å². The van der Waals surface area contributed by atoms with Crippen molar-refractivity contribution in [3.05, 3.63) is 64.1 Å². The fraction of sp³-hybridized carbons (Fsp3) is 0.364. The van der Waals surface area contributed by atoms with Crippen LogP contribution in [-0.2, 0) is 18.0 Å². The zero-order valence-corrected chi connectivity index (χ0v) is 18.3. The Kier molecular flexibility index (Phi) is 5.97. The third-order valence-corrected chi connectivity index (χ3v) is 5.22. The molecule has 3 aromatic rings. The first-order chi connectivity index (χ1) is 14.3. The lowest BCUT2D eigenvalue weighted by molar-refractivity contribution is -0.137. The van der Waals surface area contributed by atoms with Gasteiger partial charge in [0.1, 0.15) is 17.2 Å². The molecule has 0 radical (unpaired) electrons. The molecule has 1 unspecified atom stereocenters. The Labute approximate surface area is 183 Å². The van der Waals surface area contributed by atoms with Gasteiger partial charge in [0.15, 0.2) is 0 Å². The summed E-state index contributed by atoms with van der Waals surface area (Å²) in [6, 6.07) is 8.32. The number of carbonyl (C=O) groups is 1. The maximum atomic E-state index is 13.1. The zero-order valence-electron chi connectivity index (χ0n) is 17.5. The first-order valence-corrected chi connectivity index (χ1v) is 10.0. The second-order valence-corrected chi connectivity index (χ2v) is 8.89. The van der Waals surface area contributed by atoms with Crippen molar-refractivity contribution in [3.8, 4) is 11.3 Å². The third kappa shape index (κ3) is 4.95. The van der Waals surface area contributed by atoms with Gasteiger partial charge in [-0.3, -0.25) is 9.48 Å². The van der Waals surface area contributed by atoms with Crippen molar-refractivity contribution < 1.29 is 22.4 Å². The van der Waals surface area contributed by atoms with Gasteiger partial charge in [-0.15, -0.1) is 0 Å². The number of hydrogen-bond acceptors (Lipinski definition) is 3. The molecule has 1 amide bonds. The molecule has 0 aliphatic heterocycles. The van der Waals surface area contributed by atoms with Crippen LogP contribution < -0.4 is 5.73 Å². The smallest absolute Gasteiger partial charge is 0.417 e. The predicted molar refractivity (Wildman–Crippen MR) is 112 cm³/mol. The minimum atomic E-state index is -4.56. The van der Waals surface area contributed by atoms with E-state index in [0.717, 1.165) is 11.8 Å². The van der Waals surface area contributed by atoms with Gasteiger partial charge in [-0.2, -0.15) is 18.3 Å². The number of hydrogen-bond donors (Lipinski definition) is 1. The molecule has 2 N–H and O–H groups in total. The summed E-state index contributed by atoms with van der Waals surface area (Å²) in [6.45, 7) is 7.80. The molecule has 0 saturated heterocycles. The average Bonchev–Trinajstić information content (AvgIpc) is 3.28. The van der Waals surface area contributed by atoms with E-state index >= 15 is 0 Å². The van der Waals surface area contributed by atoms with Crippen molar-refractivity contribution in [1.29, 1.82) is 0 Å². The van der Waals surface area contributed by atoms with E-state index in [1.807, 2.05) is 27.7 Å². The lowest BCUT2D eigenvalue weighted by Gasteiger charge is -2.16. The van der Waals surface area contributed by atoms with Gasteiger partial charge in [0, 0.05) is 17.4 Å². The third-order valence-electron chi connectivity index (χ3n) is 4.89. The molecule has 0 aliphatic rings. The summed E-state index contributed by atoms with van der Waals surface area (Å²) >= 11 is 5.69. The summed E-state index contributed by atoms with van der Waals surface area (Å²) in [5.41, 5.74) is 5.62. The van der Waals surface area contributed by atoms with Gasteiger partial charge in [-0.25, -0.2) is 0 Å². The standard InChI is InChI=1S/C22H23ClF3N3O2/c1-12(29-17(20(27)30)11-19(28-29)21(2,3)4)9-14-6-8-18(31-14)13-5-7-16(23)15(10-13)22(24,25)26/h5-8,10-12H,9H2,1-4H3,(H2,27,30). The molecule has 1 atom stereocenters. The first-order valence-electron chi connectivity index (χ1n) is 9.63. The van der Waals surface area contributed by atoms with Gasteiger partial charge < -0.3 is 10.2 Å². The summed E-state index contributed by atoms with van der Waals surface area (Å²) in [5, 5.41) is 4.18. The topological polar surface area (TPSA) is 74.1 Å². The Morgan fingerprint density at radius 2 is 1.87 bits per heavy atom. The lowest BCUT2D eigenvalue weighted by Crippen LogP contribution is -2.21. The van der Waals surface area contributed by atoms with Crippen LogP contribution >= 0.6 is 11.6 Å². The largest absolute Gasteiger partial charge is 0.461 e. The number of nitrogens with zero attached hydrogens (tertiary/aromatic N) is 2. The van der Waals surface area contributed by atoms with E-state index in [0.29, 0.717) is 12.2 Å². The van der Waals surface area contributed by atoms with Crippen LogP contribution in [0.5, 0.6) is 0 Å². The minimum Gasteiger partial charge on any atom is -0.461 e. The lowest BCUT2D eigenvalue weighted by atomic mass is 9.92. The fourth-order valence-corrected chi connectivity index (χ4v) is 3.42. The minimum absolute atomic E-state index is 0.266. The highest BCUT2D eigenvalue weighted by molar-refractivity contribution is 6.31. The highest BCUT2D eigenvalue weighted by Gasteiger charge is 2.33. The van der Waals surface area contributed by atoms with Crippen molar-refractivity contribution in [2.45, 2.75) is 51.7 Å². The van der Waals surface area contributed by atoms with Crippen LogP contribution in [0, 0.1) is 0 Å². The number of furan rings is 1. The van der Waals surface area contributed by atoms with E-state index < -0.39 is 17.6 Å². The molecule has 5 nitrogen and oxygen atoms in total. The van der Waals surface area contributed by atoms with Crippen molar-refractivity contribution in [1.82, 2.24) is 9.78 Å². The van der Waals surface area contributed by atoms with Crippen molar-refractivity contribution in [2.75, 3.05) is 0 Å². The van der Waals surface area contributed by atoms with E-state index in [-0.39, 0.29) is 33.5 Å². The number of aromatic nitrogens is 2. The number of benzene rings is 1. The quantitative estimate of drug-likeness (QED) is 0.513. The molecule has 9 heteroatoms. The van der Waals surface area contributed by atoms with Crippen LogP contribution in [-0.4, -0.2) is 15.7 Å². The highest BCUT2D eigenvalue weighted by Crippen LogP contribution is 2.37. The van der Waals surface area contributed by atoms with Gasteiger partial charge in [0.2, 0.25) is 0 Å². The summed E-state index contributed by atoms with van der Waals surface area (Å²) < 4.78 is 46.7. The molecule has 0 bridgehead atoms. The second-order valence-electron chi connectivity index (χ2n) is 8.49. The number of alkyl halides is 3. The van der Waals surface area contributed by atoms with Gasteiger partial charge >= 0.3 is 6.18 Å². The Balaban J connectivity index is 1.87. The SMILES string of the molecule is CC(Cc1ccc(-c2ccc(Cl)c(C(F)(F)F)c2)o1)n1nc(C(C)(C)C)cc1C(N)=O. The summed E-state index contributed by atoms with van der Waals surface area (Å²) in [4.78, 5) is 11.9. The number of rotatable bonds is 5. The van der Waals surface area contributed by atoms with Crippen LogP contribution in [0.4, 0.5) is 13.2 Å². The van der Waals surface area contributed by atoms with E-state index in [1.165, 1.54) is 12.1 Å². The van der Waals surface area contributed by atoms with Gasteiger partial charge in [0.05, 0.1) is 22.3 Å². The molecule has 3 rings (SSSR count). The second kappa shape index (κ2) is 8.07.